The maximum atomic E-state index is 13.7. The van der Waals surface area contributed by atoms with Gasteiger partial charge in [-0.3, -0.25) is 9.59 Å². The number of nitrogens with zero attached hydrogens (tertiary/aromatic N) is 2. The maximum absolute atomic E-state index is 13.7. The highest BCUT2D eigenvalue weighted by atomic mass is 35.5. The first-order valence-corrected chi connectivity index (χ1v) is 10.6. The summed E-state index contributed by atoms with van der Waals surface area (Å²) in [6, 6.07) is 16.7. The molecular formula is C24H22ClN3O3. The van der Waals surface area contributed by atoms with Crippen molar-refractivity contribution in [1.82, 2.24) is 9.58 Å². The molecule has 1 aromatic heterocycles. The Morgan fingerprint density at radius 2 is 1.94 bits per heavy atom. The number of nitrogens with one attached hydrogen (secondary N) is 1. The van der Waals surface area contributed by atoms with E-state index in [1.807, 2.05) is 48.5 Å². The highest BCUT2D eigenvalue weighted by Crippen LogP contribution is 2.34. The molecule has 3 heterocycles. The Kier molecular flexibility index (Phi) is 5.04. The van der Waals surface area contributed by atoms with E-state index in [-0.39, 0.29) is 17.6 Å². The molecule has 2 aliphatic rings. The van der Waals surface area contributed by atoms with Crippen molar-refractivity contribution in [3.63, 3.8) is 0 Å². The van der Waals surface area contributed by atoms with E-state index in [0.717, 1.165) is 23.1 Å². The number of carbonyl (C=O) groups excluding carboxylic acids is 1. The van der Waals surface area contributed by atoms with Crippen molar-refractivity contribution in [2.24, 2.45) is 0 Å². The van der Waals surface area contributed by atoms with Crippen LogP contribution in [0.15, 0.2) is 59.4 Å². The third kappa shape index (κ3) is 3.42. The summed E-state index contributed by atoms with van der Waals surface area (Å²) in [6.07, 6.45) is 0.823. The highest BCUT2D eigenvalue weighted by Gasteiger charge is 2.32. The molecule has 1 amide bonds. The number of halogens is 1. The molecule has 3 aromatic rings. The summed E-state index contributed by atoms with van der Waals surface area (Å²) < 4.78 is 6.94. The van der Waals surface area contributed by atoms with Crippen LogP contribution in [0.2, 0.25) is 5.02 Å². The molecule has 158 valence electrons. The number of methoxy groups -OCH3 is 1. The predicted octanol–water partition coefficient (Wildman–Crippen LogP) is 3.75. The van der Waals surface area contributed by atoms with Gasteiger partial charge in [0.25, 0.3) is 11.5 Å². The van der Waals surface area contributed by atoms with Crippen LogP contribution in [0.25, 0.3) is 22.4 Å². The molecule has 0 radical (unpaired) electrons. The van der Waals surface area contributed by atoms with Crippen molar-refractivity contribution in [1.29, 1.82) is 0 Å². The lowest BCUT2D eigenvalue weighted by atomic mass is 9.95. The Balaban J connectivity index is 1.74. The third-order valence-electron chi connectivity index (χ3n) is 6.04. The van der Waals surface area contributed by atoms with Gasteiger partial charge in [-0.15, -0.1) is 0 Å². The molecule has 0 saturated carbocycles. The normalized spacial score (nSPS) is 17.1. The monoisotopic (exact) mass is 435 g/mol. The van der Waals surface area contributed by atoms with Crippen molar-refractivity contribution in [2.75, 3.05) is 25.6 Å². The quantitative estimate of drug-likeness (QED) is 0.680. The molecule has 2 aliphatic heterocycles. The zero-order chi connectivity index (χ0) is 21.5. The second-order valence-electron chi connectivity index (χ2n) is 7.86. The summed E-state index contributed by atoms with van der Waals surface area (Å²) in [5.41, 5.74) is 7.06. The zero-order valence-electron chi connectivity index (χ0n) is 17.1. The first kappa shape index (κ1) is 19.8. The third-order valence-corrected chi connectivity index (χ3v) is 6.27. The minimum atomic E-state index is -0.195. The van der Waals surface area contributed by atoms with Gasteiger partial charge in [-0.1, -0.05) is 48.0 Å². The Hall–Kier alpha value is -3.09. The smallest absolute Gasteiger partial charge is 0.277 e. The lowest BCUT2D eigenvalue weighted by Crippen LogP contribution is -2.38. The fourth-order valence-electron chi connectivity index (χ4n) is 4.38. The van der Waals surface area contributed by atoms with Crippen LogP contribution in [0.3, 0.4) is 0 Å². The van der Waals surface area contributed by atoms with E-state index in [0.29, 0.717) is 41.5 Å². The second kappa shape index (κ2) is 7.87. The van der Waals surface area contributed by atoms with Crippen LogP contribution < -0.4 is 11.0 Å². The van der Waals surface area contributed by atoms with Crippen LogP contribution in [0.5, 0.6) is 0 Å². The summed E-state index contributed by atoms with van der Waals surface area (Å²) in [5.74, 6) is -0.116. The Labute approximate surface area is 185 Å². The molecule has 0 spiro atoms. The maximum Gasteiger partial charge on any atom is 0.277 e. The van der Waals surface area contributed by atoms with Crippen molar-refractivity contribution < 1.29 is 9.53 Å². The number of fused-ring (bicyclic) bond motifs is 3. The highest BCUT2D eigenvalue weighted by molar-refractivity contribution is 6.31. The van der Waals surface area contributed by atoms with Gasteiger partial charge in [-0.05, 0) is 35.7 Å². The molecule has 1 fully saturated rings. The van der Waals surface area contributed by atoms with Gasteiger partial charge in [-0.2, -0.15) is 0 Å². The number of pyridine rings is 1. The largest absolute Gasteiger partial charge is 0.380 e. The van der Waals surface area contributed by atoms with Gasteiger partial charge in [-0.25, -0.2) is 4.68 Å². The van der Waals surface area contributed by atoms with E-state index in [9.17, 15) is 9.59 Å². The van der Waals surface area contributed by atoms with Gasteiger partial charge in [0.2, 0.25) is 0 Å². The predicted molar refractivity (Wildman–Crippen MR) is 121 cm³/mol. The first-order chi connectivity index (χ1) is 15.1. The number of ether oxygens (including phenoxy) is 1. The molecule has 1 atom stereocenters. The van der Waals surface area contributed by atoms with E-state index in [2.05, 4.69) is 5.43 Å². The van der Waals surface area contributed by atoms with Crippen molar-refractivity contribution in [3.05, 3.63) is 81.1 Å². The van der Waals surface area contributed by atoms with Crippen molar-refractivity contribution >= 4 is 17.5 Å². The van der Waals surface area contributed by atoms with Crippen LogP contribution in [-0.4, -0.2) is 41.8 Å². The fraction of sp³-hybridized carbons (Fsp3) is 0.250. The molecule has 31 heavy (non-hydrogen) atoms. The van der Waals surface area contributed by atoms with Crippen LogP contribution in [0.4, 0.5) is 0 Å². The van der Waals surface area contributed by atoms with Gasteiger partial charge in [0.05, 0.1) is 23.9 Å². The summed E-state index contributed by atoms with van der Waals surface area (Å²) >= 11 is 6.29. The number of rotatable bonds is 3. The summed E-state index contributed by atoms with van der Waals surface area (Å²) in [6.45, 7) is 1.62. The molecule has 1 unspecified atom stereocenters. The molecular weight excluding hydrogens is 414 g/mol. The van der Waals surface area contributed by atoms with E-state index >= 15 is 0 Å². The first-order valence-electron chi connectivity index (χ1n) is 10.3. The minimum absolute atomic E-state index is 0.0275. The SMILES string of the molecule is COC1CCN(C(=O)c2cc(-c3ccccc3)c(=O)n3c2-c2cc(Cl)ccc2CN3)C1. The molecule has 1 saturated heterocycles. The van der Waals surface area contributed by atoms with Gasteiger partial charge >= 0.3 is 0 Å². The fourth-order valence-corrected chi connectivity index (χ4v) is 4.56. The Bertz CT molecular complexity index is 1220. The number of hydrogen-bond donors (Lipinski definition) is 1. The standard InChI is InChI=1S/C24H22ClN3O3/c1-31-18-9-10-27(14-18)23(29)21-12-20(15-5-3-2-4-6-15)24(30)28-22(21)19-11-17(25)8-7-16(19)13-26-28/h2-8,11-12,18,26H,9-10,13-14H2,1H3. The number of hydrogen-bond acceptors (Lipinski definition) is 4. The lowest BCUT2D eigenvalue weighted by molar-refractivity contribution is 0.0724. The van der Waals surface area contributed by atoms with Gasteiger partial charge < -0.3 is 15.1 Å². The molecule has 0 bridgehead atoms. The second-order valence-corrected chi connectivity index (χ2v) is 8.30. The summed E-state index contributed by atoms with van der Waals surface area (Å²) in [7, 11) is 1.66. The molecule has 6 nitrogen and oxygen atoms in total. The molecule has 5 rings (SSSR count). The van der Waals surface area contributed by atoms with E-state index in [1.54, 1.807) is 18.1 Å². The van der Waals surface area contributed by atoms with Crippen molar-refractivity contribution in [3.8, 4) is 22.4 Å². The number of likely N-dealkylation sites (tertiary alicyclic amines) is 1. The lowest BCUT2D eigenvalue weighted by Gasteiger charge is -2.28. The van der Waals surface area contributed by atoms with Gasteiger partial charge in [0, 0.05) is 36.3 Å². The number of carbonyl (C=O) groups is 1. The number of amides is 1. The van der Waals surface area contributed by atoms with Crippen molar-refractivity contribution in [2.45, 2.75) is 19.1 Å². The molecule has 7 heteroatoms. The average Bonchev–Trinajstić information content (AvgIpc) is 3.29. The van der Waals surface area contributed by atoms with E-state index in [1.165, 1.54) is 4.68 Å². The van der Waals surface area contributed by atoms with Gasteiger partial charge in [0.15, 0.2) is 0 Å². The molecule has 2 aromatic carbocycles. The topological polar surface area (TPSA) is 63.6 Å². The minimum Gasteiger partial charge on any atom is -0.380 e. The van der Waals surface area contributed by atoms with Crippen LogP contribution in [0, 0.1) is 0 Å². The number of benzene rings is 2. The van der Waals surface area contributed by atoms with E-state index in [4.69, 9.17) is 16.3 Å². The summed E-state index contributed by atoms with van der Waals surface area (Å²) in [5, 5.41) is 0.561. The van der Waals surface area contributed by atoms with Crippen LogP contribution >= 0.6 is 11.6 Å². The Morgan fingerprint density at radius 3 is 2.68 bits per heavy atom. The van der Waals surface area contributed by atoms with Gasteiger partial charge in [0.1, 0.15) is 0 Å². The zero-order valence-corrected chi connectivity index (χ0v) is 17.9. The van der Waals surface area contributed by atoms with E-state index < -0.39 is 0 Å². The molecule has 0 aliphatic carbocycles. The van der Waals surface area contributed by atoms with Crippen LogP contribution in [0.1, 0.15) is 22.3 Å². The summed E-state index contributed by atoms with van der Waals surface area (Å²) in [4.78, 5) is 28.9. The average molecular weight is 436 g/mol. The number of aromatic nitrogens is 1. The Morgan fingerprint density at radius 1 is 1.13 bits per heavy atom. The van der Waals surface area contributed by atoms with Crippen LogP contribution in [-0.2, 0) is 11.3 Å². The molecule has 1 N–H and O–H groups in total.